The van der Waals surface area contributed by atoms with Crippen molar-refractivity contribution in [2.75, 3.05) is 6.54 Å². The third-order valence-corrected chi connectivity index (χ3v) is 7.24. The maximum Gasteiger partial charge on any atom is 0.340 e. The molecule has 0 radical (unpaired) electrons. The van der Waals surface area contributed by atoms with Crippen LogP contribution in [0.1, 0.15) is 31.4 Å². The Hall–Kier alpha value is -3.92. The molecular weight excluding hydrogens is 556 g/mol. The van der Waals surface area contributed by atoms with Gasteiger partial charge in [-0.2, -0.15) is 0 Å². The first-order valence-electron chi connectivity index (χ1n) is 12.1. The average Bonchev–Trinajstić information content (AvgIpc) is 3.30. The van der Waals surface area contributed by atoms with Crippen LogP contribution in [0.4, 0.5) is 0 Å². The van der Waals surface area contributed by atoms with Crippen LogP contribution < -0.4 is 16.3 Å². The minimum Gasteiger partial charge on any atom is -0.480 e. The highest BCUT2D eigenvalue weighted by Gasteiger charge is 2.25. The van der Waals surface area contributed by atoms with Crippen LogP contribution in [0.3, 0.4) is 0 Å². The number of aliphatic carboxylic acids is 1. The quantitative estimate of drug-likeness (QED) is 0.246. The zero-order valence-corrected chi connectivity index (χ0v) is 22.7. The molecule has 2 heterocycles. The van der Waals surface area contributed by atoms with E-state index >= 15 is 0 Å². The summed E-state index contributed by atoms with van der Waals surface area (Å²) in [6.45, 7) is 4.87. The van der Waals surface area contributed by atoms with Gasteiger partial charge in [0.2, 0.25) is 11.8 Å². The molecule has 0 aliphatic rings. The van der Waals surface area contributed by atoms with Gasteiger partial charge in [-0.05, 0) is 42.2 Å². The molecule has 4 rings (SSSR count). The van der Waals surface area contributed by atoms with Crippen molar-refractivity contribution in [3.05, 3.63) is 68.7 Å². The molecule has 2 amide bonds. The molecule has 2 aromatic heterocycles. The third kappa shape index (κ3) is 5.65. The molecule has 0 saturated carbocycles. The molecule has 10 heteroatoms. The Bertz CT molecular complexity index is 1590. The minimum atomic E-state index is -1.14. The van der Waals surface area contributed by atoms with Crippen molar-refractivity contribution in [2.45, 2.75) is 39.7 Å². The van der Waals surface area contributed by atoms with Crippen LogP contribution >= 0.6 is 15.9 Å². The van der Waals surface area contributed by atoms with E-state index in [1.54, 1.807) is 26.2 Å². The Kier molecular flexibility index (Phi) is 8.01. The average molecular weight is 583 g/mol. The summed E-state index contributed by atoms with van der Waals surface area (Å²) in [5.41, 5.74) is 2.84. The van der Waals surface area contributed by atoms with Crippen molar-refractivity contribution in [2.24, 2.45) is 5.92 Å². The van der Waals surface area contributed by atoms with Crippen LogP contribution in [0, 0.1) is 12.8 Å². The van der Waals surface area contributed by atoms with Gasteiger partial charge in [0.1, 0.15) is 17.2 Å². The summed E-state index contributed by atoms with van der Waals surface area (Å²) in [4.78, 5) is 49.0. The molecule has 2 unspecified atom stereocenters. The number of hydrogen-bond donors (Lipinski definition) is 3. The van der Waals surface area contributed by atoms with Gasteiger partial charge in [0, 0.05) is 26.9 Å². The first kappa shape index (κ1) is 27.1. The van der Waals surface area contributed by atoms with Gasteiger partial charge in [0.25, 0.3) is 0 Å². The second kappa shape index (κ2) is 11.2. The molecule has 4 aromatic rings. The first-order valence-corrected chi connectivity index (χ1v) is 12.9. The lowest BCUT2D eigenvalue weighted by Crippen LogP contribution is -2.48. The fraction of sp³-hybridized carbons (Fsp3) is 0.286. The number of amides is 2. The lowest BCUT2D eigenvalue weighted by molar-refractivity contribution is -0.143. The molecule has 38 heavy (non-hydrogen) atoms. The van der Waals surface area contributed by atoms with E-state index in [4.69, 9.17) is 8.83 Å². The van der Waals surface area contributed by atoms with Gasteiger partial charge >= 0.3 is 11.6 Å². The summed E-state index contributed by atoms with van der Waals surface area (Å²) >= 11 is 3.43. The van der Waals surface area contributed by atoms with Gasteiger partial charge in [-0.25, -0.2) is 9.59 Å². The van der Waals surface area contributed by atoms with Gasteiger partial charge < -0.3 is 24.6 Å². The maximum absolute atomic E-state index is 12.7. The van der Waals surface area contributed by atoms with Crippen LogP contribution in [0.5, 0.6) is 0 Å². The number of hydrogen-bond acceptors (Lipinski definition) is 6. The van der Waals surface area contributed by atoms with Crippen molar-refractivity contribution < 1.29 is 28.3 Å². The highest BCUT2D eigenvalue weighted by Crippen LogP contribution is 2.35. The number of nitrogens with one attached hydrogen (secondary N) is 2. The number of carboxylic acid groups (broad SMARTS) is 1. The summed E-state index contributed by atoms with van der Waals surface area (Å²) in [7, 11) is 0. The number of aryl methyl sites for hydroxylation is 1. The molecule has 0 fully saturated rings. The van der Waals surface area contributed by atoms with Gasteiger partial charge in [0.15, 0.2) is 0 Å². The zero-order chi connectivity index (χ0) is 27.6. The molecule has 0 aliphatic carbocycles. The van der Waals surface area contributed by atoms with Crippen molar-refractivity contribution in [1.82, 2.24) is 10.6 Å². The standard InChI is InChI=1S/C28H27BrN2O7/c1-4-14(2)26(27(34)35)31-25(33)12-30-24(32)10-19-15(3)18-9-20-21(16-5-7-17(29)8-6-16)13-37-22(20)11-23(18)38-28(19)36/h5-9,11,13-14,26H,4,10,12H2,1-3H3,(H,30,32)(H,31,33)(H,34,35). The summed E-state index contributed by atoms with van der Waals surface area (Å²) in [6, 6.07) is 10.3. The fourth-order valence-corrected chi connectivity index (χ4v) is 4.54. The van der Waals surface area contributed by atoms with Gasteiger partial charge in [-0.3, -0.25) is 9.59 Å². The van der Waals surface area contributed by atoms with E-state index in [-0.39, 0.29) is 17.9 Å². The summed E-state index contributed by atoms with van der Waals surface area (Å²) < 4.78 is 12.2. The normalized spacial score (nSPS) is 12.8. The molecule has 2 atom stereocenters. The molecule has 9 nitrogen and oxygen atoms in total. The largest absolute Gasteiger partial charge is 0.480 e. The fourth-order valence-electron chi connectivity index (χ4n) is 4.28. The maximum atomic E-state index is 12.7. The van der Waals surface area contributed by atoms with E-state index in [9.17, 15) is 24.3 Å². The highest BCUT2D eigenvalue weighted by molar-refractivity contribution is 9.10. The molecule has 0 spiro atoms. The number of furan rings is 1. The Morgan fingerprint density at radius 3 is 2.42 bits per heavy atom. The Balaban J connectivity index is 1.55. The van der Waals surface area contributed by atoms with Crippen LogP contribution in [-0.4, -0.2) is 35.5 Å². The minimum absolute atomic E-state index is 0.173. The van der Waals surface area contributed by atoms with Crippen molar-refractivity contribution in [3.8, 4) is 11.1 Å². The predicted molar refractivity (Wildman–Crippen MR) is 146 cm³/mol. The molecule has 0 aliphatic heterocycles. The van der Waals surface area contributed by atoms with E-state index in [0.717, 1.165) is 21.0 Å². The van der Waals surface area contributed by atoms with E-state index < -0.39 is 36.0 Å². The summed E-state index contributed by atoms with van der Waals surface area (Å²) in [6.07, 6.45) is 1.92. The van der Waals surface area contributed by atoms with Gasteiger partial charge in [-0.15, -0.1) is 0 Å². The number of carbonyl (C=O) groups excluding carboxylic acids is 2. The van der Waals surface area contributed by atoms with Gasteiger partial charge in [0.05, 0.1) is 24.8 Å². The van der Waals surface area contributed by atoms with Crippen molar-refractivity contribution in [3.63, 3.8) is 0 Å². The number of carbonyl (C=O) groups is 3. The van der Waals surface area contributed by atoms with Gasteiger partial charge in [-0.1, -0.05) is 48.3 Å². The second-order valence-corrected chi connectivity index (χ2v) is 10.1. The smallest absolute Gasteiger partial charge is 0.340 e. The zero-order valence-electron chi connectivity index (χ0n) is 21.1. The lowest BCUT2D eigenvalue weighted by atomic mass is 9.99. The SMILES string of the molecule is CCC(C)C(NC(=O)CNC(=O)Cc1c(C)c2cc3c(-c4ccc(Br)cc4)coc3cc2oc1=O)C(=O)O. The number of rotatable bonds is 9. The Labute approximate surface area is 226 Å². The number of benzene rings is 2. The topological polar surface area (TPSA) is 139 Å². The van der Waals surface area contributed by atoms with E-state index in [1.165, 1.54) is 0 Å². The van der Waals surface area contributed by atoms with Crippen molar-refractivity contribution in [1.29, 1.82) is 0 Å². The second-order valence-electron chi connectivity index (χ2n) is 9.22. The number of carboxylic acids is 1. The van der Waals surface area contributed by atoms with E-state index in [1.807, 2.05) is 37.3 Å². The third-order valence-electron chi connectivity index (χ3n) is 6.72. The van der Waals surface area contributed by atoms with Crippen molar-refractivity contribution >= 4 is 55.7 Å². The Morgan fingerprint density at radius 1 is 1.05 bits per heavy atom. The molecule has 198 valence electrons. The molecule has 0 bridgehead atoms. The molecule has 3 N–H and O–H groups in total. The summed E-state index contributed by atoms with van der Waals surface area (Å²) in [5, 5.41) is 15.7. The molecular formula is C28H27BrN2O7. The Morgan fingerprint density at radius 2 is 1.76 bits per heavy atom. The highest BCUT2D eigenvalue weighted by atomic mass is 79.9. The molecule has 0 saturated heterocycles. The number of fused-ring (bicyclic) bond motifs is 2. The van der Waals surface area contributed by atoms with Crippen LogP contribution in [0.2, 0.25) is 0 Å². The van der Waals surface area contributed by atoms with Crippen LogP contribution in [-0.2, 0) is 20.8 Å². The van der Waals surface area contributed by atoms with Crippen LogP contribution in [0.25, 0.3) is 33.1 Å². The first-order chi connectivity index (χ1) is 18.1. The molecule has 2 aromatic carbocycles. The lowest BCUT2D eigenvalue weighted by Gasteiger charge is -2.20. The van der Waals surface area contributed by atoms with E-state index in [2.05, 4.69) is 26.6 Å². The summed E-state index contributed by atoms with van der Waals surface area (Å²) in [5.74, 6) is -2.61. The number of halogens is 1. The van der Waals surface area contributed by atoms with Crippen LogP contribution in [0.15, 0.2) is 60.8 Å². The van der Waals surface area contributed by atoms with E-state index in [0.29, 0.717) is 28.5 Å². The monoisotopic (exact) mass is 582 g/mol. The predicted octanol–water partition coefficient (Wildman–Crippen LogP) is 4.55.